The summed E-state index contributed by atoms with van der Waals surface area (Å²) in [5.41, 5.74) is 9.97. The quantitative estimate of drug-likeness (QED) is 0.134. The van der Waals surface area contributed by atoms with Crippen molar-refractivity contribution in [3.05, 3.63) is 194 Å². The second-order valence-corrected chi connectivity index (χ2v) is 13.7. The lowest BCUT2D eigenvalue weighted by Gasteiger charge is -2.17. The van der Waals surface area contributed by atoms with Crippen LogP contribution in [0.4, 0.5) is 0 Å². The number of nitrogens with zero attached hydrogens (tertiary/aromatic N) is 3. The molecule has 0 saturated carbocycles. The number of benzene rings is 9. The molecular weight excluding hydrogens is 655 g/mol. The van der Waals surface area contributed by atoms with E-state index in [1.54, 1.807) is 0 Å². The Hall–Kier alpha value is -7.41. The van der Waals surface area contributed by atoms with E-state index in [0.717, 1.165) is 44.6 Å². The monoisotopic (exact) mass is 685 g/mol. The lowest BCUT2D eigenvalue weighted by atomic mass is 9.86. The first-order valence-corrected chi connectivity index (χ1v) is 18.1. The summed E-state index contributed by atoms with van der Waals surface area (Å²) in [5.74, 6) is 0.680. The minimum Gasteiger partial charge on any atom is -0.228 e. The van der Waals surface area contributed by atoms with Gasteiger partial charge < -0.3 is 0 Å². The molecule has 0 saturated heterocycles. The zero-order valence-corrected chi connectivity index (χ0v) is 29.2. The lowest BCUT2D eigenvalue weighted by Crippen LogP contribution is -1.97. The van der Waals surface area contributed by atoms with Crippen LogP contribution in [0.15, 0.2) is 188 Å². The third kappa shape index (κ3) is 5.37. The first-order chi connectivity index (χ1) is 26.7. The van der Waals surface area contributed by atoms with Crippen LogP contribution < -0.4 is 0 Å². The molecule has 1 aromatic heterocycles. The highest BCUT2D eigenvalue weighted by Crippen LogP contribution is 2.44. The van der Waals surface area contributed by atoms with Crippen LogP contribution in [0.2, 0.25) is 0 Å². The van der Waals surface area contributed by atoms with Crippen molar-refractivity contribution < 1.29 is 0 Å². The standard InChI is InChI=1S/C51H31N3/c52-32-33-18-20-34(21-19-33)35-22-24-37(25-23-35)48-31-49(54-51(53-48)38-11-2-1-3-12-38)44-28-29-45(43-17-9-8-16-42(43)44)50-41-15-7-5-13-39(41)30-47-40-14-6-4-10-36(40)26-27-46(47)50/h1-31H. The number of aromatic nitrogens is 2. The molecule has 0 spiro atoms. The molecule has 54 heavy (non-hydrogen) atoms. The van der Waals surface area contributed by atoms with Gasteiger partial charge in [0, 0.05) is 16.7 Å². The Morgan fingerprint density at radius 3 is 1.67 bits per heavy atom. The van der Waals surface area contributed by atoms with Crippen molar-refractivity contribution in [1.29, 1.82) is 5.26 Å². The topological polar surface area (TPSA) is 49.6 Å². The van der Waals surface area contributed by atoms with E-state index in [4.69, 9.17) is 9.97 Å². The molecule has 10 aromatic rings. The van der Waals surface area contributed by atoms with Crippen molar-refractivity contribution in [2.24, 2.45) is 0 Å². The summed E-state index contributed by atoms with van der Waals surface area (Å²) in [7, 11) is 0. The van der Waals surface area contributed by atoms with Crippen molar-refractivity contribution in [3.63, 3.8) is 0 Å². The molecule has 9 aromatic carbocycles. The van der Waals surface area contributed by atoms with E-state index in [-0.39, 0.29) is 0 Å². The zero-order valence-electron chi connectivity index (χ0n) is 29.2. The fourth-order valence-electron chi connectivity index (χ4n) is 7.87. The van der Waals surface area contributed by atoms with Gasteiger partial charge in [0.25, 0.3) is 0 Å². The van der Waals surface area contributed by atoms with Gasteiger partial charge in [-0.25, -0.2) is 9.97 Å². The summed E-state index contributed by atoms with van der Waals surface area (Å²) in [6.07, 6.45) is 0. The largest absolute Gasteiger partial charge is 0.228 e. The van der Waals surface area contributed by atoms with Crippen molar-refractivity contribution in [1.82, 2.24) is 9.97 Å². The summed E-state index contributed by atoms with van der Waals surface area (Å²) in [6.45, 7) is 0. The molecule has 10 rings (SSSR count). The molecule has 0 unspecified atom stereocenters. The van der Waals surface area contributed by atoms with E-state index in [1.165, 1.54) is 48.8 Å². The highest BCUT2D eigenvalue weighted by molar-refractivity contribution is 6.23. The Labute approximate surface area is 313 Å². The first kappa shape index (κ1) is 31.3. The van der Waals surface area contributed by atoms with Gasteiger partial charge in [-0.05, 0) is 89.6 Å². The highest BCUT2D eigenvalue weighted by atomic mass is 14.9. The molecule has 0 aliphatic heterocycles. The van der Waals surface area contributed by atoms with Gasteiger partial charge in [-0.15, -0.1) is 0 Å². The van der Waals surface area contributed by atoms with Gasteiger partial charge in [-0.2, -0.15) is 5.26 Å². The molecule has 0 N–H and O–H groups in total. The minimum absolute atomic E-state index is 0.650. The smallest absolute Gasteiger partial charge is 0.160 e. The number of nitriles is 1. The van der Waals surface area contributed by atoms with E-state index in [9.17, 15) is 5.26 Å². The van der Waals surface area contributed by atoms with Crippen molar-refractivity contribution >= 4 is 43.1 Å². The fourth-order valence-corrected chi connectivity index (χ4v) is 7.87. The SMILES string of the molecule is N#Cc1ccc(-c2ccc(-c3cc(-c4ccc(-c5c6ccccc6cc6c5ccc5ccccc56)c5ccccc45)nc(-c4ccccc4)n3)cc2)cc1. The number of rotatable bonds is 5. The second kappa shape index (κ2) is 13.0. The molecule has 1 heterocycles. The second-order valence-electron chi connectivity index (χ2n) is 13.7. The molecule has 250 valence electrons. The molecule has 0 atom stereocenters. The van der Waals surface area contributed by atoms with Crippen LogP contribution in [0.3, 0.4) is 0 Å². The zero-order chi connectivity index (χ0) is 36.0. The Morgan fingerprint density at radius 2 is 0.926 bits per heavy atom. The molecule has 0 fully saturated rings. The molecule has 3 heteroatoms. The van der Waals surface area contributed by atoms with Gasteiger partial charge in [0.15, 0.2) is 5.82 Å². The third-order valence-electron chi connectivity index (χ3n) is 10.5. The first-order valence-electron chi connectivity index (χ1n) is 18.1. The van der Waals surface area contributed by atoms with Crippen LogP contribution in [-0.2, 0) is 0 Å². The van der Waals surface area contributed by atoms with E-state index in [1.807, 2.05) is 42.5 Å². The normalized spacial score (nSPS) is 11.3. The van der Waals surface area contributed by atoms with Gasteiger partial charge >= 0.3 is 0 Å². The van der Waals surface area contributed by atoms with Crippen LogP contribution in [0, 0.1) is 11.3 Å². The molecule has 0 radical (unpaired) electrons. The summed E-state index contributed by atoms with van der Waals surface area (Å²) >= 11 is 0. The van der Waals surface area contributed by atoms with E-state index < -0.39 is 0 Å². The number of hydrogen-bond acceptors (Lipinski definition) is 3. The maximum atomic E-state index is 9.24. The average molecular weight is 686 g/mol. The predicted octanol–water partition coefficient (Wildman–Crippen LogP) is 13.3. The summed E-state index contributed by atoms with van der Waals surface area (Å²) in [4.78, 5) is 10.3. The van der Waals surface area contributed by atoms with Crippen LogP contribution in [0.1, 0.15) is 5.56 Å². The number of fused-ring (bicyclic) bond motifs is 5. The van der Waals surface area contributed by atoms with E-state index in [2.05, 4.69) is 152 Å². The van der Waals surface area contributed by atoms with Crippen LogP contribution in [0.5, 0.6) is 0 Å². The molecular formula is C51H31N3. The van der Waals surface area contributed by atoms with Crippen LogP contribution >= 0.6 is 0 Å². The Morgan fingerprint density at radius 1 is 0.352 bits per heavy atom. The van der Waals surface area contributed by atoms with Gasteiger partial charge in [0.05, 0.1) is 23.0 Å². The average Bonchev–Trinajstić information content (AvgIpc) is 3.25. The fraction of sp³-hybridized carbons (Fsp3) is 0. The summed E-state index contributed by atoms with van der Waals surface area (Å²) in [5, 5.41) is 19.0. The van der Waals surface area contributed by atoms with Crippen molar-refractivity contribution in [3.8, 4) is 62.2 Å². The maximum absolute atomic E-state index is 9.24. The molecule has 0 bridgehead atoms. The Balaban J connectivity index is 1.17. The van der Waals surface area contributed by atoms with Gasteiger partial charge in [0.2, 0.25) is 0 Å². The maximum Gasteiger partial charge on any atom is 0.160 e. The molecule has 0 amide bonds. The van der Waals surface area contributed by atoms with Gasteiger partial charge in [-0.3, -0.25) is 0 Å². The van der Waals surface area contributed by atoms with Crippen LogP contribution in [-0.4, -0.2) is 9.97 Å². The lowest BCUT2D eigenvalue weighted by molar-refractivity contribution is 1.18. The minimum atomic E-state index is 0.650. The molecule has 0 aliphatic rings. The van der Waals surface area contributed by atoms with Gasteiger partial charge in [0.1, 0.15) is 0 Å². The molecule has 0 aliphatic carbocycles. The highest BCUT2D eigenvalue weighted by Gasteiger charge is 2.18. The van der Waals surface area contributed by atoms with E-state index in [0.29, 0.717) is 11.4 Å². The predicted molar refractivity (Wildman–Crippen MR) is 224 cm³/mol. The molecule has 3 nitrogen and oxygen atoms in total. The van der Waals surface area contributed by atoms with Crippen molar-refractivity contribution in [2.75, 3.05) is 0 Å². The third-order valence-corrected chi connectivity index (χ3v) is 10.5. The Kier molecular flexibility index (Phi) is 7.53. The number of hydrogen-bond donors (Lipinski definition) is 0. The summed E-state index contributed by atoms with van der Waals surface area (Å²) < 4.78 is 0. The summed E-state index contributed by atoms with van der Waals surface area (Å²) in [6, 6.07) is 68.2. The van der Waals surface area contributed by atoms with Crippen molar-refractivity contribution in [2.45, 2.75) is 0 Å². The van der Waals surface area contributed by atoms with E-state index >= 15 is 0 Å². The van der Waals surface area contributed by atoms with Crippen LogP contribution in [0.25, 0.3) is 99.2 Å². The Bertz CT molecular complexity index is 3080. The van der Waals surface area contributed by atoms with Gasteiger partial charge in [-0.1, -0.05) is 164 Å².